The van der Waals surface area contributed by atoms with Crippen LogP contribution in [-0.4, -0.2) is 11.1 Å². The molecule has 20 heavy (non-hydrogen) atoms. The van der Waals surface area contributed by atoms with Crippen LogP contribution in [0.4, 0.5) is 10.1 Å². The van der Waals surface area contributed by atoms with Gasteiger partial charge in [-0.15, -0.1) is 0 Å². The van der Waals surface area contributed by atoms with Crippen LogP contribution in [0.5, 0.6) is 5.88 Å². The molecule has 1 N–H and O–H groups in total. The Balaban J connectivity index is 2.08. The third kappa shape index (κ3) is 3.93. The molecule has 0 atom stereocenters. The van der Waals surface area contributed by atoms with Crippen LogP contribution in [-0.2, 0) is 6.54 Å². The number of hydrogen-bond acceptors (Lipinski definition) is 3. The zero-order chi connectivity index (χ0) is 14.5. The summed E-state index contributed by atoms with van der Waals surface area (Å²) in [6, 6.07) is 8.68. The summed E-state index contributed by atoms with van der Waals surface area (Å²) >= 11 is 3.18. The molecule has 1 aromatic heterocycles. The molecule has 0 aliphatic carbocycles. The van der Waals surface area contributed by atoms with E-state index in [0.29, 0.717) is 16.9 Å². The van der Waals surface area contributed by atoms with Crippen molar-refractivity contribution in [2.24, 2.45) is 0 Å². The van der Waals surface area contributed by atoms with E-state index in [1.165, 1.54) is 6.07 Å². The van der Waals surface area contributed by atoms with Gasteiger partial charge in [0.1, 0.15) is 5.82 Å². The maximum atomic E-state index is 13.2. The van der Waals surface area contributed by atoms with Gasteiger partial charge in [0.15, 0.2) is 0 Å². The Morgan fingerprint density at radius 2 is 2.15 bits per heavy atom. The number of nitrogens with one attached hydrogen (secondary N) is 1. The molecule has 0 bridgehead atoms. The summed E-state index contributed by atoms with van der Waals surface area (Å²) in [5.74, 6) is 0.308. The zero-order valence-corrected chi connectivity index (χ0v) is 12.9. The van der Waals surface area contributed by atoms with Crippen molar-refractivity contribution in [3.63, 3.8) is 0 Å². The molecule has 2 rings (SSSR count). The van der Waals surface area contributed by atoms with Crippen molar-refractivity contribution in [1.29, 1.82) is 0 Å². The van der Waals surface area contributed by atoms with Crippen LogP contribution in [0.2, 0.25) is 0 Å². The Morgan fingerprint density at radius 3 is 2.85 bits per heavy atom. The topological polar surface area (TPSA) is 34.1 Å². The number of rotatable bonds is 5. The number of halogens is 2. The highest BCUT2D eigenvalue weighted by molar-refractivity contribution is 9.10. The minimum absolute atomic E-state index is 0.0606. The first-order valence-electron chi connectivity index (χ1n) is 6.35. The van der Waals surface area contributed by atoms with Crippen LogP contribution in [0, 0.1) is 5.82 Å². The van der Waals surface area contributed by atoms with Crippen LogP contribution in [0.15, 0.2) is 41.0 Å². The van der Waals surface area contributed by atoms with Crippen LogP contribution in [0.25, 0.3) is 0 Å². The van der Waals surface area contributed by atoms with Gasteiger partial charge in [0.2, 0.25) is 5.88 Å². The molecule has 0 aliphatic rings. The fraction of sp³-hybridized carbons (Fsp3) is 0.267. The largest absolute Gasteiger partial charge is 0.473 e. The van der Waals surface area contributed by atoms with Gasteiger partial charge in [-0.2, -0.15) is 0 Å². The lowest BCUT2D eigenvalue weighted by Gasteiger charge is -2.14. The van der Waals surface area contributed by atoms with E-state index in [4.69, 9.17) is 4.74 Å². The SMILES string of the molecule is CC(C)Oc1ncccc1NCc1ccc(F)c(Br)c1. The Morgan fingerprint density at radius 1 is 1.35 bits per heavy atom. The first-order valence-corrected chi connectivity index (χ1v) is 7.15. The predicted octanol–water partition coefficient (Wildman–Crippen LogP) is 4.38. The summed E-state index contributed by atoms with van der Waals surface area (Å²) in [5, 5.41) is 3.25. The second-order valence-corrected chi connectivity index (χ2v) is 5.48. The third-order valence-corrected chi connectivity index (χ3v) is 3.19. The molecule has 1 heterocycles. The minimum Gasteiger partial charge on any atom is -0.473 e. The molecule has 106 valence electrons. The summed E-state index contributed by atoms with van der Waals surface area (Å²) < 4.78 is 19.3. The smallest absolute Gasteiger partial charge is 0.237 e. The molecule has 0 radical (unpaired) electrons. The maximum absolute atomic E-state index is 13.2. The van der Waals surface area contributed by atoms with Crippen molar-refractivity contribution in [2.45, 2.75) is 26.5 Å². The van der Waals surface area contributed by atoms with E-state index < -0.39 is 0 Å². The maximum Gasteiger partial charge on any atom is 0.237 e. The van der Waals surface area contributed by atoms with Crippen LogP contribution in [0.3, 0.4) is 0 Å². The predicted molar refractivity (Wildman–Crippen MR) is 81.4 cm³/mol. The van der Waals surface area contributed by atoms with Crippen molar-refractivity contribution < 1.29 is 9.13 Å². The molecule has 0 amide bonds. The minimum atomic E-state index is -0.265. The molecule has 1 aromatic carbocycles. The lowest BCUT2D eigenvalue weighted by molar-refractivity contribution is 0.234. The molecule has 0 fully saturated rings. The molecule has 3 nitrogen and oxygen atoms in total. The lowest BCUT2D eigenvalue weighted by Crippen LogP contribution is -2.10. The molecule has 5 heteroatoms. The third-order valence-electron chi connectivity index (χ3n) is 2.59. The molecule has 0 aliphatic heterocycles. The summed E-state index contributed by atoms with van der Waals surface area (Å²) in [6.07, 6.45) is 1.75. The molecule has 0 saturated heterocycles. The number of anilines is 1. The summed E-state index contributed by atoms with van der Waals surface area (Å²) in [5.41, 5.74) is 1.79. The van der Waals surface area contributed by atoms with Gasteiger partial charge in [0.05, 0.1) is 16.3 Å². The zero-order valence-electron chi connectivity index (χ0n) is 11.4. The number of ether oxygens (including phenoxy) is 1. The standard InChI is InChI=1S/C15H16BrFN2O/c1-10(2)20-15-14(4-3-7-18-15)19-9-11-5-6-13(17)12(16)8-11/h3-8,10,19H,9H2,1-2H3. The Hall–Kier alpha value is -1.62. The number of hydrogen-bond donors (Lipinski definition) is 1. The second-order valence-electron chi connectivity index (χ2n) is 4.62. The van der Waals surface area contributed by atoms with Crippen LogP contribution < -0.4 is 10.1 Å². The first kappa shape index (κ1) is 14.8. The Labute approximate surface area is 126 Å². The van der Waals surface area contributed by atoms with Gasteiger partial charge in [-0.25, -0.2) is 9.37 Å². The van der Waals surface area contributed by atoms with Crippen LogP contribution in [0.1, 0.15) is 19.4 Å². The Bertz CT molecular complexity index is 590. The summed E-state index contributed by atoms with van der Waals surface area (Å²) in [7, 11) is 0. The van der Waals surface area contributed by atoms with Crippen molar-refractivity contribution in [1.82, 2.24) is 4.98 Å². The highest BCUT2D eigenvalue weighted by Gasteiger charge is 2.07. The Kier molecular flexibility index (Phi) is 4.95. The quantitative estimate of drug-likeness (QED) is 0.878. The number of benzene rings is 1. The average Bonchev–Trinajstić information content (AvgIpc) is 2.41. The molecular weight excluding hydrogens is 323 g/mol. The van der Waals surface area contributed by atoms with E-state index in [1.807, 2.05) is 26.0 Å². The highest BCUT2D eigenvalue weighted by atomic mass is 79.9. The van der Waals surface area contributed by atoms with E-state index in [0.717, 1.165) is 11.3 Å². The lowest BCUT2D eigenvalue weighted by atomic mass is 10.2. The van der Waals surface area contributed by atoms with E-state index in [2.05, 4.69) is 26.2 Å². The van der Waals surface area contributed by atoms with Gasteiger partial charge in [0.25, 0.3) is 0 Å². The summed E-state index contributed by atoms with van der Waals surface area (Å²) in [6.45, 7) is 4.48. The van der Waals surface area contributed by atoms with Gasteiger partial charge < -0.3 is 10.1 Å². The molecule has 0 unspecified atom stereocenters. The number of nitrogens with zero attached hydrogens (tertiary/aromatic N) is 1. The molecule has 0 saturated carbocycles. The molecular formula is C15H16BrFN2O. The normalized spacial score (nSPS) is 10.7. The van der Waals surface area contributed by atoms with Crippen molar-refractivity contribution in [2.75, 3.05) is 5.32 Å². The van der Waals surface area contributed by atoms with Gasteiger partial charge in [0, 0.05) is 12.7 Å². The summed E-state index contributed by atoms with van der Waals surface area (Å²) in [4.78, 5) is 4.21. The van der Waals surface area contributed by atoms with Gasteiger partial charge in [-0.1, -0.05) is 6.07 Å². The van der Waals surface area contributed by atoms with Gasteiger partial charge in [-0.05, 0) is 59.6 Å². The molecule has 2 aromatic rings. The van der Waals surface area contributed by atoms with Crippen LogP contribution >= 0.6 is 15.9 Å². The number of aromatic nitrogens is 1. The number of pyridine rings is 1. The van der Waals surface area contributed by atoms with E-state index >= 15 is 0 Å². The van der Waals surface area contributed by atoms with E-state index in [9.17, 15) is 4.39 Å². The monoisotopic (exact) mass is 338 g/mol. The fourth-order valence-electron chi connectivity index (χ4n) is 1.69. The second kappa shape index (κ2) is 6.70. The van der Waals surface area contributed by atoms with E-state index in [1.54, 1.807) is 18.3 Å². The van der Waals surface area contributed by atoms with Gasteiger partial charge >= 0.3 is 0 Å². The molecule has 0 spiro atoms. The highest BCUT2D eigenvalue weighted by Crippen LogP contribution is 2.23. The van der Waals surface area contributed by atoms with Gasteiger partial charge in [-0.3, -0.25) is 0 Å². The fourth-order valence-corrected chi connectivity index (χ4v) is 2.12. The van der Waals surface area contributed by atoms with Crippen molar-refractivity contribution in [3.8, 4) is 5.88 Å². The first-order chi connectivity index (χ1) is 9.56. The van der Waals surface area contributed by atoms with E-state index in [-0.39, 0.29) is 11.9 Å². The van der Waals surface area contributed by atoms with Crippen molar-refractivity contribution >= 4 is 21.6 Å². The average molecular weight is 339 g/mol. The van der Waals surface area contributed by atoms with Crippen molar-refractivity contribution in [3.05, 3.63) is 52.4 Å².